The van der Waals surface area contributed by atoms with Crippen molar-refractivity contribution in [3.05, 3.63) is 35.9 Å². The Kier molecular flexibility index (Phi) is 3.94. The van der Waals surface area contributed by atoms with Crippen LogP contribution in [0.15, 0.2) is 30.3 Å². The number of amides is 4. The first-order chi connectivity index (χ1) is 10.6. The standard InChI is InChI=1S/C16H19N3O3/c20-13-16(12-7-3-1-4-8-12,14(21)18-15(22)17-13)11-19-9-5-2-6-10-19/h1,3-4,7-8H,2,5-6,9-11H2,(H2,17,18,20,21,22). The van der Waals surface area contributed by atoms with E-state index in [1.807, 2.05) is 6.07 Å². The Bertz CT molecular complexity index is 574. The van der Waals surface area contributed by atoms with Crippen molar-refractivity contribution in [2.75, 3.05) is 19.6 Å². The minimum Gasteiger partial charge on any atom is -0.301 e. The molecule has 0 radical (unpaired) electrons. The van der Waals surface area contributed by atoms with Crippen LogP contribution < -0.4 is 10.6 Å². The van der Waals surface area contributed by atoms with E-state index in [-0.39, 0.29) is 0 Å². The van der Waals surface area contributed by atoms with E-state index in [4.69, 9.17) is 0 Å². The molecule has 2 heterocycles. The van der Waals surface area contributed by atoms with Crippen LogP contribution in [-0.4, -0.2) is 42.4 Å². The number of hydrogen-bond acceptors (Lipinski definition) is 4. The Labute approximate surface area is 128 Å². The number of rotatable bonds is 3. The number of urea groups is 1. The molecule has 22 heavy (non-hydrogen) atoms. The lowest BCUT2D eigenvalue weighted by Crippen LogP contribution is -2.68. The summed E-state index contributed by atoms with van der Waals surface area (Å²) in [5, 5.41) is 4.50. The van der Waals surface area contributed by atoms with Crippen molar-refractivity contribution in [1.82, 2.24) is 15.5 Å². The van der Waals surface area contributed by atoms with Crippen LogP contribution in [0.2, 0.25) is 0 Å². The van der Waals surface area contributed by atoms with Crippen LogP contribution in [0.5, 0.6) is 0 Å². The molecular weight excluding hydrogens is 282 g/mol. The van der Waals surface area contributed by atoms with Gasteiger partial charge in [0.15, 0.2) is 5.41 Å². The van der Waals surface area contributed by atoms with Gasteiger partial charge in [0, 0.05) is 6.54 Å². The monoisotopic (exact) mass is 301 g/mol. The molecule has 2 fully saturated rings. The highest BCUT2D eigenvalue weighted by Gasteiger charge is 2.52. The molecule has 1 aromatic rings. The van der Waals surface area contributed by atoms with Gasteiger partial charge in [-0.2, -0.15) is 0 Å². The third kappa shape index (κ3) is 2.50. The maximum Gasteiger partial charge on any atom is 0.328 e. The zero-order valence-corrected chi connectivity index (χ0v) is 12.3. The summed E-state index contributed by atoms with van der Waals surface area (Å²) in [5.74, 6) is -1.09. The van der Waals surface area contributed by atoms with Crippen molar-refractivity contribution in [1.29, 1.82) is 0 Å². The number of likely N-dealkylation sites (tertiary alicyclic amines) is 1. The number of piperidine rings is 1. The molecule has 2 saturated heterocycles. The number of nitrogens with zero attached hydrogens (tertiary/aromatic N) is 1. The molecule has 0 spiro atoms. The first kappa shape index (κ1) is 14.7. The summed E-state index contributed by atoms with van der Waals surface area (Å²) < 4.78 is 0. The number of imide groups is 2. The maximum absolute atomic E-state index is 12.6. The smallest absolute Gasteiger partial charge is 0.301 e. The summed E-state index contributed by atoms with van der Waals surface area (Å²) in [4.78, 5) is 38.7. The van der Waals surface area contributed by atoms with Gasteiger partial charge in [0.05, 0.1) is 0 Å². The molecule has 0 saturated carbocycles. The van der Waals surface area contributed by atoms with Gasteiger partial charge in [-0.3, -0.25) is 20.2 Å². The van der Waals surface area contributed by atoms with Crippen molar-refractivity contribution in [2.45, 2.75) is 24.7 Å². The molecule has 0 atom stereocenters. The third-order valence-corrected chi connectivity index (χ3v) is 4.41. The van der Waals surface area contributed by atoms with E-state index < -0.39 is 23.3 Å². The van der Waals surface area contributed by atoms with E-state index in [0.29, 0.717) is 12.1 Å². The molecule has 0 aliphatic carbocycles. The van der Waals surface area contributed by atoms with E-state index >= 15 is 0 Å². The predicted molar refractivity (Wildman–Crippen MR) is 80.1 cm³/mol. The van der Waals surface area contributed by atoms with E-state index in [0.717, 1.165) is 25.9 Å². The second-order valence-corrected chi connectivity index (χ2v) is 5.85. The fourth-order valence-electron chi connectivity index (χ4n) is 3.23. The Morgan fingerprint density at radius 1 is 0.909 bits per heavy atom. The summed E-state index contributed by atoms with van der Waals surface area (Å²) in [5.41, 5.74) is -0.755. The lowest BCUT2D eigenvalue weighted by atomic mass is 9.76. The molecule has 4 amide bonds. The van der Waals surface area contributed by atoms with Crippen LogP contribution in [0.4, 0.5) is 4.79 Å². The van der Waals surface area contributed by atoms with Crippen molar-refractivity contribution >= 4 is 17.8 Å². The highest BCUT2D eigenvalue weighted by Crippen LogP contribution is 2.29. The average Bonchev–Trinajstić information content (AvgIpc) is 2.53. The summed E-state index contributed by atoms with van der Waals surface area (Å²) >= 11 is 0. The van der Waals surface area contributed by atoms with Crippen molar-refractivity contribution in [3.8, 4) is 0 Å². The third-order valence-electron chi connectivity index (χ3n) is 4.41. The molecule has 116 valence electrons. The lowest BCUT2D eigenvalue weighted by Gasteiger charge is -2.39. The molecule has 2 aliphatic heterocycles. The minimum atomic E-state index is -1.37. The highest BCUT2D eigenvalue weighted by molar-refractivity contribution is 6.23. The second kappa shape index (κ2) is 5.88. The first-order valence-corrected chi connectivity index (χ1v) is 7.58. The number of hydrogen-bond donors (Lipinski definition) is 2. The number of nitrogens with one attached hydrogen (secondary N) is 2. The van der Waals surface area contributed by atoms with E-state index in [1.54, 1.807) is 24.3 Å². The normalized spacial score (nSPS) is 22.1. The number of carbonyl (C=O) groups is 3. The Balaban J connectivity index is 1.99. The van der Waals surface area contributed by atoms with Gasteiger partial charge >= 0.3 is 6.03 Å². The number of benzene rings is 1. The molecule has 6 heteroatoms. The van der Waals surface area contributed by atoms with Gasteiger partial charge in [0.2, 0.25) is 11.8 Å². The van der Waals surface area contributed by atoms with Crippen LogP contribution in [-0.2, 0) is 15.0 Å². The lowest BCUT2D eigenvalue weighted by molar-refractivity contribution is -0.139. The first-order valence-electron chi connectivity index (χ1n) is 7.58. The molecule has 2 aliphatic rings. The number of carbonyl (C=O) groups excluding carboxylic acids is 3. The van der Waals surface area contributed by atoms with Crippen molar-refractivity contribution in [2.24, 2.45) is 0 Å². The van der Waals surface area contributed by atoms with Crippen LogP contribution in [0, 0.1) is 0 Å². The van der Waals surface area contributed by atoms with E-state index in [2.05, 4.69) is 15.5 Å². The predicted octanol–water partition coefficient (Wildman–Crippen LogP) is 0.776. The van der Waals surface area contributed by atoms with Crippen LogP contribution in [0.3, 0.4) is 0 Å². The second-order valence-electron chi connectivity index (χ2n) is 5.85. The summed E-state index contributed by atoms with van der Waals surface area (Å²) in [6.45, 7) is 2.02. The van der Waals surface area contributed by atoms with Gasteiger partial charge in [-0.25, -0.2) is 4.79 Å². The SMILES string of the molecule is O=C1NC(=O)C(CN2CCCCC2)(c2ccccc2)C(=O)N1. The molecular formula is C16H19N3O3. The highest BCUT2D eigenvalue weighted by atomic mass is 16.2. The average molecular weight is 301 g/mol. The largest absolute Gasteiger partial charge is 0.328 e. The van der Waals surface area contributed by atoms with E-state index in [9.17, 15) is 14.4 Å². The summed E-state index contributed by atoms with van der Waals surface area (Å²) in [6, 6.07) is 8.20. The van der Waals surface area contributed by atoms with Gasteiger partial charge in [0.25, 0.3) is 0 Å². The number of barbiturate groups is 1. The fourth-order valence-corrected chi connectivity index (χ4v) is 3.23. The summed E-state index contributed by atoms with van der Waals surface area (Å²) in [7, 11) is 0. The molecule has 2 N–H and O–H groups in total. The van der Waals surface area contributed by atoms with Crippen LogP contribution in [0.1, 0.15) is 24.8 Å². The van der Waals surface area contributed by atoms with Gasteiger partial charge in [-0.15, -0.1) is 0 Å². The van der Waals surface area contributed by atoms with Crippen molar-refractivity contribution in [3.63, 3.8) is 0 Å². The molecule has 6 nitrogen and oxygen atoms in total. The Morgan fingerprint density at radius 3 is 2.09 bits per heavy atom. The minimum absolute atomic E-state index is 0.294. The quantitative estimate of drug-likeness (QED) is 0.809. The summed E-state index contributed by atoms with van der Waals surface area (Å²) in [6.07, 6.45) is 3.30. The van der Waals surface area contributed by atoms with Crippen LogP contribution in [0.25, 0.3) is 0 Å². The molecule has 0 aromatic heterocycles. The Hall–Kier alpha value is -2.21. The van der Waals surface area contributed by atoms with Gasteiger partial charge < -0.3 is 4.90 Å². The zero-order valence-electron chi connectivity index (χ0n) is 12.3. The Morgan fingerprint density at radius 2 is 1.50 bits per heavy atom. The zero-order chi connectivity index (χ0) is 15.6. The van der Waals surface area contributed by atoms with E-state index in [1.165, 1.54) is 6.42 Å². The molecule has 1 aromatic carbocycles. The molecule has 0 unspecified atom stereocenters. The van der Waals surface area contributed by atoms with Gasteiger partial charge in [0.1, 0.15) is 0 Å². The van der Waals surface area contributed by atoms with Crippen LogP contribution >= 0.6 is 0 Å². The van der Waals surface area contributed by atoms with Gasteiger partial charge in [-0.1, -0.05) is 36.8 Å². The topological polar surface area (TPSA) is 78.5 Å². The maximum atomic E-state index is 12.6. The molecule has 0 bridgehead atoms. The fraction of sp³-hybridized carbons (Fsp3) is 0.438. The molecule has 3 rings (SSSR count). The van der Waals surface area contributed by atoms with Crippen molar-refractivity contribution < 1.29 is 14.4 Å². The van der Waals surface area contributed by atoms with Gasteiger partial charge in [-0.05, 0) is 31.5 Å².